The summed E-state index contributed by atoms with van der Waals surface area (Å²) in [6.45, 7) is 3.08. The second-order valence-electron chi connectivity index (χ2n) is 9.43. The standard InChI is InChI=1S/C27H31FN6O2/c1-3-25(26-30-31-32-34(26)16-18-8-11-21(28)12-9-18)33(22-6-4-5-7-22)17-20-14-19-10-13-23(36-2)15-24(19)29-27(20)35/h8-15,22,25H,3-7,16-17H2,1-2H3,(H,29,35)/t25-/m0/s1. The highest BCUT2D eigenvalue weighted by Gasteiger charge is 2.32. The number of fused-ring (bicyclic) bond motifs is 1. The fraction of sp³-hybridized carbons (Fsp3) is 0.407. The van der Waals surface area contributed by atoms with Crippen molar-refractivity contribution in [1.29, 1.82) is 0 Å². The molecule has 1 atom stereocenters. The van der Waals surface area contributed by atoms with Crippen LogP contribution in [-0.4, -0.2) is 43.2 Å². The number of pyridine rings is 1. The SMILES string of the molecule is CC[C@@H](c1nnnn1Cc1ccc(F)cc1)N(Cc1cc2ccc(OC)cc2[nH]c1=O)C1CCCC1. The number of nitrogens with zero attached hydrogens (tertiary/aromatic N) is 5. The van der Waals surface area contributed by atoms with E-state index in [9.17, 15) is 9.18 Å². The molecule has 0 unspecified atom stereocenters. The molecule has 4 aromatic rings. The van der Waals surface area contributed by atoms with Crippen LogP contribution in [0.4, 0.5) is 4.39 Å². The topological polar surface area (TPSA) is 88.9 Å². The lowest BCUT2D eigenvalue weighted by Crippen LogP contribution is -2.39. The molecule has 2 aromatic carbocycles. The molecule has 0 radical (unpaired) electrons. The predicted molar refractivity (Wildman–Crippen MR) is 135 cm³/mol. The van der Waals surface area contributed by atoms with Gasteiger partial charge >= 0.3 is 0 Å². The molecule has 2 heterocycles. The van der Waals surface area contributed by atoms with Crippen molar-refractivity contribution >= 4 is 10.9 Å². The van der Waals surface area contributed by atoms with Gasteiger partial charge in [-0.05, 0) is 71.0 Å². The molecule has 1 N–H and O–H groups in total. The van der Waals surface area contributed by atoms with Gasteiger partial charge in [0.2, 0.25) is 0 Å². The first-order chi connectivity index (χ1) is 17.6. The Labute approximate surface area is 209 Å². The Hall–Kier alpha value is -3.59. The van der Waals surface area contributed by atoms with Crippen LogP contribution in [0.25, 0.3) is 10.9 Å². The van der Waals surface area contributed by atoms with E-state index in [-0.39, 0.29) is 17.4 Å². The molecule has 8 nitrogen and oxygen atoms in total. The normalized spacial score (nSPS) is 15.1. The van der Waals surface area contributed by atoms with Crippen molar-refractivity contribution in [2.24, 2.45) is 0 Å². The lowest BCUT2D eigenvalue weighted by molar-refractivity contribution is 0.112. The maximum Gasteiger partial charge on any atom is 0.252 e. The molecule has 2 aromatic heterocycles. The van der Waals surface area contributed by atoms with Crippen LogP contribution in [0.15, 0.2) is 53.3 Å². The number of H-pyrrole nitrogens is 1. The third-order valence-corrected chi connectivity index (χ3v) is 7.17. The zero-order valence-corrected chi connectivity index (χ0v) is 20.7. The number of aromatic nitrogens is 5. The van der Waals surface area contributed by atoms with Crippen LogP contribution < -0.4 is 10.3 Å². The first-order valence-electron chi connectivity index (χ1n) is 12.5. The molecule has 5 rings (SSSR count). The molecule has 1 fully saturated rings. The fourth-order valence-electron chi connectivity index (χ4n) is 5.29. The molecule has 36 heavy (non-hydrogen) atoms. The smallest absolute Gasteiger partial charge is 0.252 e. The van der Waals surface area contributed by atoms with Gasteiger partial charge in [0.05, 0.1) is 25.2 Å². The van der Waals surface area contributed by atoms with Gasteiger partial charge in [-0.1, -0.05) is 31.9 Å². The number of rotatable bonds is 9. The number of benzene rings is 2. The van der Waals surface area contributed by atoms with E-state index in [1.165, 1.54) is 25.0 Å². The summed E-state index contributed by atoms with van der Waals surface area (Å²) in [6, 6.07) is 14.4. The molecule has 188 valence electrons. The lowest BCUT2D eigenvalue weighted by Gasteiger charge is -2.35. The molecule has 1 aliphatic carbocycles. The van der Waals surface area contributed by atoms with Crippen LogP contribution in [0.5, 0.6) is 5.75 Å². The van der Waals surface area contributed by atoms with Gasteiger partial charge in [0.1, 0.15) is 11.6 Å². The van der Waals surface area contributed by atoms with Crippen LogP contribution in [0.1, 0.15) is 62.0 Å². The molecular weight excluding hydrogens is 459 g/mol. The molecule has 0 saturated heterocycles. The summed E-state index contributed by atoms with van der Waals surface area (Å²) >= 11 is 0. The number of aromatic amines is 1. The van der Waals surface area contributed by atoms with Crippen molar-refractivity contribution in [2.45, 2.75) is 64.2 Å². The Morgan fingerprint density at radius 1 is 1.17 bits per heavy atom. The van der Waals surface area contributed by atoms with Gasteiger partial charge in [-0.25, -0.2) is 9.07 Å². The second kappa shape index (κ2) is 10.6. The minimum atomic E-state index is -0.270. The number of hydrogen-bond acceptors (Lipinski definition) is 6. The Morgan fingerprint density at radius 3 is 2.67 bits per heavy atom. The van der Waals surface area contributed by atoms with Gasteiger partial charge < -0.3 is 9.72 Å². The molecule has 0 spiro atoms. The maximum atomic E-state index is 13.4. The van der Waals surface area contributed by atoms with Gasteiger partial charge in [-0.15, -0.1) is 5.10 Å². The van der Waals surface area contributed by atoms with Gasteiger partial charge in [0.25, 0.3) is 5.56 Å². The van der Waals surface area contributed by atoms with Crippen molar-refractivity contribution in [3.05, 3.63) is 81.7 Å². The van der Waals surface area contributed by atoms with Gasteiger partial charge in [0.15, 0.2) is 5.82 Å². The number of tetrazole rings is 1. The van der Waals surface area contributed by atoms with Crippen LogP contribution >= 0.6 is 0 Å². The second-order valence-corrected chi connectivity index (χ2v) is 9.43. The molecular formula is C27H31FN6O2. The molecule has 0 amide bonds. The minimum Gasteiger partial charge on any atom is -0.497 e. The monoisotopic (exact) mass is 490 g/mol. The summed E-state index contributed by atoms with van der Waals surface area (Å²) < 4.78 is 20.5. The molecule has 9 heteroatoms. The van der Waals surface area contributed by atoms with Crippen molar-refractivity contribution in [2.75, 3.05) is 7.11 Å². The highest BCUT2D eigenvalue weighted by Crippen LogP contribution is 2.34. The molecule has 1 saturated carbocycles. The predicted octanol–water partition coefficient (Wildman–Crippen LogP) is 4.61. The molecule has 0 aliphatic heterocycles. The van der Waals surface area contributed by atoms with Crippen LogP contribution in [0.3, 0.4) is 0 Å². The third kappa shape index (κ3) is 5.02. The average Bonchev–Trinajstić information content (AvgIpc) is 3.58. The summed E-state index contributed by atoms with van der Waals surface area (Å²) in [6.07, 6.45) is 5.30. The van der Waals surface area contributed by atoms with Crippen LogP contribution in [0.2, 0.25) is 0 Å². The van der Waals surface area contributed by atoms with E-state index < -0.39 is 0 Å². The average molecular weight is 491 g/mol. The Balaban J connectivity index is 1.48. The van der Waals surface area contributed by atoms with E-state index in [4.69, 9.17) is 4.74 Å². The quantitative estimate of drug-likeness (QED) is 0.369. The molecule has 0 bridgehead atoms. The number of methoxy groups -OCH3 is 1. The van der Waals surface area contributed by atoms with Crippen LogP contribution in [0, 0.1) is 5.82 Å². The Kier molecular flexibility index (Phi) is 7.09. The van der Waals surface area contributed by atoms with Crippen LogP contribution in [-0.2, 0) is 13.1 Å². The summed E-state index contributed by atoms with van der Waals surface area (Å²) in [5, 5.41) is 13.6. The van der Waals surface area contributed by atoms with E-state index >= 15 is 0 Å². The van der Waals surface area contributed by atoms with E-state index in [1.807, 2.05) is 24.3 Å². The summed E-state index contributed by atoms with van der Waals surface area (Å²) in [7, 11) is 1.61. The number of halogens is 1. The highest BCUT2D eigenvalue weighted by molar-refractivity contribution is 5.80. The largest absolute Gasteiger partial charge is 0.497 e. The highest BCUT2D eigenvalue weighted by atomic mass is 19.1. The number of nitrogens with one attached hydrogen (secondary N) is 1. The van der Waals surface area contributed by atoms with Crippen molar-refractivity contribution < 1.29 is 9.13 Å². The van der Waals surface area contributed by atoms with Gasteiger partial charge in [-0.2, -0.15) is 0 Å². The number of ether oxygens (including phenoxy) is 1. The van der Waals surface area contributed by atoms with E-state index in [1.54, 1.807) is 23.9 Å². The zero-order chi connectivity index (χ0) is 25.1. The maximum absolute atomic E-state index is 13.4. The number of hydrogen-bond donors (Lipinski definition) is 1. The van der Waals surface area contributed by atoms with E-state index in [2.05, 4.69) is 32.3 Å². The first-order valence-corrected chi connectivity index (χ1v) is 12.5. The van der Waals surface area contributed by atoms with E-state index in [0.717, 1.165) is 47.1 Å². The van der Waals surface area contributed by atoms with Crippen molar-refractivity contribution in [3.63, 3.8) is 0 Å². The third-order valence-electron chi connectivity index (χ3n) is 7.17. The van der Waals surface area contributed by atoms with Crippen molar-refractivity contribution in [3.8, 4) is 5.75 Å². The zero-order valence-electron chi connectivity index (χ0n) is 20.7. The minimum absolute atomic E-state index is 0.0606. The first kappa shape index (κ1) is 24.1. The summed E-state index contributed by atoms with van der Waals surface area (Å²) in [5.41, 5.74) is 2.30. The summed E-state index contributed by atoms with van der Waals surface area (Å²) in [5.74, 6) is 1.20. The Morgan fingerprint density at radius 2 is 1.94 bits per heavy atom. The van der Waals surface area contributed by atoms with Crippen molar-refractivity contribution in [1.82, 2.24) is 30.1 Å². The summed E-state index contributed by atoms with van der Waals surface area (Å²) in [4.78, 5) is 18.6. The fourth-order valence-corrected chi connectivity index (χ4v) is 5.29. The Bertz CT molecular complexity index is 1380. The molecule has 1 aliphatic rings. The van der Waals surface area contributed by atoms with Gasteiger partial charge in [0, 0.05) is 24.2 Å². The van der Waals surface area contributed by atoms with E-state index in [0.29, 0.717) is 24.9 Å². The van der Waals surface area contributed by atoms with Gasteiger partial charge in [-0.3, -0.25) is 9.69 Å². The lowest BCUT2D eigenvalue weighted by atomic mass is 10.0.